The van der Waals surface area contributed by atoms with Gasteiger partial charge in [0, 0.05) is 19.2 Å². The average molecular weight is 586 g/mol. The van der Waals surface area contributed by atoms with Gasteiger partial charge in [-0.1, -0.05) is 11.6 Å². The van der Waals surface area contributed by atoms with Crippen LogP contribution in [-0.4, -0.2) is 61.9 Å². The second-order valence-electron chi connectivity index (χ2n) is 8.71. The van der Waals surface area contributed by atoms with Crippen molar-refractivity contribution in [3.63, 3.8) is 0 Å². The highest BCUT2D eigenvalue weighted by Gasteiger charge is 2.18. The molecule has 0 spiro atoms. The number of anilines is 4. The summed E-state index contributed by atoms with van der Waals surface area (Å²) in [5, 5.41) is 6.71. The number of methoxy groups -OCH3 is 1. The van der Waals surface area contributed by atoms with Crippen molar-refractivity contribution in [2.75, 3.05) is 51.3 Å². The topological polar surface area (TPSA) is 80.8 Å². The van der Waals surface area contributed by atoms with Crippen LogP contribution in [0, 0.1) is 0 Å². The van der Waals surface area contributed by atoms with Gasteiger partial charge in [0.1, 0.15) is 28.9 Å². The number of fused-ring (bicyclic) bond motifs is 1. The fourth-order valence-corrected chi connectivity index (χ4v) is 4.57. The van der Waals surface area contributed by atoms with Gasteiger partial charge >= 0.3 is 0 Å². The first kappa shape index (κ1) is 30.0. The Morgan fingerprint density at radius 3 is 2.61 bits per heavy atom. The van der Waals surface area contributed by atoms with Crippen molar-refractivity contribution in [2.24, 2.45) is 0 Å². The maximum atomic E-state index is 12.6. The molecule has 2 aromatic carbocycles. The molecular weight excluding hydrogens is 554 g/mol. The zero-order valence-corrected chi connectivity index (χ0v) is 24.8. The Kier molecular flexibility index (Phi) is 10.7. The van der Waals surface area contributed by atoms with Gasteiger partial charge in [0.25, 0.3) is 6.43 Å². The standard InChI is InChI=1S/C25H29ClF2N5O3P.H3P/c1-33-8-7-15-10-21(34-2)20(9-16(15)13-33)31-25-29-12-18(26)24(32-25)30-19-6-5-17(35-14-23(27)28)11-22(19)36-37(3)4;/h5-6,9-12,23H,7-8,13-14H2,1-4H3,(H2,29,30,31,32);1H3. The summed E-state index contributed by atoms with van der Waals surface area (Å²) in [6.07, 6.45) is -0.121. The van der Waals surface area contributed by atoms with E-state index in [4.69, 9.17) is 25.6 Å². The quantitative estimate of drug-likeness (QED) is 0.267. The first-order valence-corrected chi connectivity index (χ1v) is 14.1. The molecule has 2 heterocycles. The monoisotopic (exact) mass is 585 g/mol. The Labute approximate surface area is 230 Å². The highest BCUT2D eigenvalue weighted by molar-refractivity contribution is 7.51. The number of nitrogens with one attached hydrogen (secondary N) is 2. The van der Waals surface area contributed by atoms with Crippen molar-refractivity contribution in [3.05, 3.63) is 52.7 Å². The minimum absolute atomic E-state index is 0. The fourth-order valence-electron chi connectivity index (χ4n) is 3.88. The Hall–Kier alpha value is -2.51. The predicted octanol–water partition coefficient (Wildman–Crippen LogP) is 6.35. The van der Waals surface area contributed by atoms with Crippen molar-refractivity contribution in [2.45, 2.75) is 19.4 Å². The van der Waals surface area contributed by atoms with Crippen molar-refractivity contribution in [1.82, 2.24) is 14.9 Å². The molecule has 1 aromatic heterocycles. The smallest absolute Gasteiger partial charge is 0.272 e. The zero-order valence-electron chi connectivity index (χ0n) is 21.7. The number of alkyl halides is 2. The zero-order chi connectivity index (χ0) is 26.5. The summed E-state index contributed by atoms with van der Waals surface area (Å²) < 4.78 is 41.8. The van der Waals surface area contributed by atoms with Gasteiger partial charge in [0.2, 0.25) is 5.95 Å². The Bertz CT molecular complexity index is 1260. The molecule has 13 heteroatoms. The maximum absolute atomic E-state index is 12.6. The SMILES string of the molecule is COc1cc2c(cc1Nc1ncc(Cl)c(Nc3ccc(OCC(F)F)cc3OP(C)C)n1)CN(C)CC2.P. The van der Waals surface area contributed by atoms with Crippen molar-refractivity contribution < 1.29 is 22.8 Å². The van der Waals surface area contributed by atoms with Crippen LogP contribution in [0.25, 0.3) is 0 Å². The number of rotatable bonds is 10. The Balaban J connectivity index is 0.00000400. The molecule has 0 amide bonds. The molecule has 206 valence electrons. The highest BCUT2D eigenvalue weighted by Crippen LogP contribution is 2.40. The number of likely N-dealkylation sites (N-methyl/N-ethyl adjacent to an activating group) is 1. The van der Waals surface area contributed by atoms with E-state index in [1.54, 1.807) is 25.3 Å². The number of aromatic nitrogens is 2. The van der Waals surface area contributed by atoms with Crippen LogP contribution in [0.1, 0.15) is 11.1 Å². The number of ether oxygens (including phenoxy) is 2. The molecule has 0 bridgehead atoms. The van der Waals surface area contributed by atoms with Crippen LogP contribution in [0.4, 0.5) is 31.9 Å². The molecular formula is C25H32ClF2N5O3P2. The van der Waals surface area contributed by atoms with Gasteiger partial charge in [-0.25, -0.2) is 13.8 Å². The van der Waals surface area contributed by atoms with Crippen LogP contribution >= 0.6 is 29.6 Å². The number of hydrogen-bond donors (Lipinski definition) is 2. The van der Waals surface area contributed by atoms with Crippen molar-refractivity contribution >= 4 is 52.8 Å². The van der Waals surface area contributed by atoms with E-state index in [2.05, 4.69) is 44.7 Å². The number of hydrogen-bond acceptors (Lipinski definition) is 8. The Morgan fingerprint density at radius 2 is 1.89 bits per heavy atom. The molecule has 1 unspecified atom stereocenters. The van der Waals surface area contributed by atoms with E-state index in [0.29, 0.717) is 34.0 Å². The number of benzene rings is 2. The minimum atomic E-state index is -2.57. The summed E-state index contributed by atoms with van der Waals surface area (Å²) in [7, 11) is 2.92. The molecule has 0 saturated heterocycles. The lowest BCUT2D eigenvalue weighted by atomic mass is 9.99. The van der Waals surface area contributed by atoms with Crippen molar-refractivity contribution in [3.8, 4) is 17.2 Å². The summed E-state index contributed by atoms with van der Waals surface area (Å²) in [6.45, 7) is 5.00. The summed E-state index contributed by atoms with van der Waals surface area (Å²) in [5.41, 5.74) is 3.79. The van der Waals surface area contributed by atoms with Gasteiger partial charge in [-0.15, -0.1) is 0 Å². The molecule has 0 fully saturated rings. The molecule has 2 N–H and O–H groups in total. The van der Waals surface area contributed by atoms with Gasteiger partial charge in [-0.05, 0) is 62.2 Å². The second-order valence-corrected chi connectivity index (χ2v) is 10.9. The van der Waals surface area contributed by atoms with E-state index >= 15 is 0 Å². The average Bonchev–Trinajstić information content (AvgIpc) is 2.85. The summed E-state index contributed by atoms with van der Waals surface area (Å²) in [5.74, 6) is 2.08. The van der Waals surface area contributed by atoms with Crippen LogP contribution in [0.2, 0.25) is 5.02 Å². The fraction of sp³-hybridized carbons (Fsp3) is 0.360. The lowest BCUT2D eigenvalue weighted by molar-refractivity contribution is 0.0818. The molecule has 0 radical (unpaired) electrons. The van der Waals surface area contributed by atoms with Crippen LogP contribution in [-0.2, 0) is 13.0 Å². The third-order valence-electron chi connectivity index (χ3n) is 5.58. The lowest BCUT2D eigenvalue weighted by Crippen LogP contribution is -2.26. The maximum Gasteiger partial charge on any atom is 0.272 e. The third kappa shape index (κ3) is 7.76. The van der Waals surface area contributed by atoms with Crippen LogP contribution in [0.3, 0.4) is 0 Å². The molecule has 1 atom stereocenters. The number of halogens is 3. The molecule has 38 heavy (non-hydrogen) atoms. The normalized spacial score (nSPS) is 13.1. The second kappa shape index (κ2) is 13.5. The van der Waals surface area contributed by atoms with Crippen molar-refractivity contribution in [1.29, 1.82) is 0 Å². The largest absolute Gasteiger partial charge is 0.495 e. The first-order valence-electron chi connectivity index (χ1n) is 11.6. The number of nitrogens with zero attached hydrogens (tertiary/aromatic N) is 3. The summed E-state index contributed by atoms with van der Waals surface area (Å²) in [4.78, 5) is 11.1. The van der Waals surface area contributed by atoms with Gasteiger partial charge in [0.15, 0.2) is 5.82 Å². The summed E-state index contributed by atoms with van der Waals surface area (Å²) in [6, 6.07) is 8.92. The van der Waals surface area contributed by atoms with Gasteiger partial charge in [-0.3, -0.25) is 0 Å². The van der Waals surface area contributed by atoms with Crippen LogP contribution in [0.15, 0.2) is 36.5 Å². The minimum Gasteiger partial charge on any atom is -0.495 e. The molecule has 0 aliphatic carbocycles. The van der Waals surface area contributed by atoms with Gasteiger partial charge < -0.3 is 29.5 Å². The van der Waals surface area contributed by atoms with E-state index in [1.165, 1.54) is 17.3 Å². The predicted molar refractivity (Wildman–Crippen MR) is 155 cm³/mol. The van der Waals surface area contributed by atoms with E-state index in [1.807, 2.05) is 13.3 Å². The van der Waals surface area contributed by atoms with E-state index < -0.39 is 21.2 Å². The lowest BCUT2D eigenvalue weighted by Gasteiger charge is -2.26. The summed E-state index contributed by atoms with van der Waals surface area (Å²) >= 11 is 6.40. The van der Waals surface area contributed by atoms with Crippen LogP contribution in [0.5, 0.6) is 17.2 Å². The molecule has 0 saturated carbocycles. The van der Waals surface area contributed by atoms with E-state index in [0.717, 1.165) is 25.2 Å². The van der Waals surface area contributed by atoms with E-state index in [9.17, 15) is 8.78 Å². The molecule has 1 aliphatic rings. The first-order chi connectivity index (χ1) is 17.7. The van der Waals surface area contributed by atoms with Crippen LogP contribution < -0.4 is 24.6 Å². The molecule has 8 nitrogen and oxygen atoms in total. The third-order valence-corrected chi connectivity index (χ3v) is 6.42. The molecule has 1 aliphatic heterocycles. The van der Waals surface area contributed by atoms with Gasteiger partial charge in [0.05, 0.1) is 32.8 Å². The Morgan fingerprint density at radius 1 is 1.11 bits per heavy atom. The molecule has 4 rings (SSSR count). The van der Waals surface area contributed by atoms with E-state index in [-0.39, 0.29) is 15.6 Å². The molecule has 3 aromatic rings. The van der Waals surface area contributed by atoms with Gasteiger partial charge in [-0.2, -0.15) is 14.9 Å². The highest BCUT2D eigenvalue weighted by atomic mass is 35.5.